The van der Waals surface area contributed by atoms with Gasteiger partial charge in [-0.2, -0.15) is 0 Å². The molecule has 0 aliphatic heterocycles. The third-order valence-electron chi connectivity index (χ3n) is 6.27. The molecule has 0 fully saturated rings. The number of carbonyl (C=O) groups is 2. The fourth-order valence-corrected chi connectivity index (χ4v) is 5.48. The summed E-state index contributed by atoms with van der Waals surface area (Å²) in [6, 6.07) is 23.5. The first-order valence-corrected chi connectivity index (χ1v) is 12.3. The van der Waals surface area contributed by atoms with E-state index in [1.54, 1.807) is 0 Å². The molecule has 0 spiro atoms. The topological polar surface area (TPSA) is 51.1 Å². The number of nitrogens with zero attached hydrogens (tertiary/aromatic N) is 1. The number of para-hydroxylation sites is 1. The van der Waals surface area contributed by atoms with Crippen LogP contribution >= 0.6 is 11.8 Å². The van der Waals surface area contributed by atoms with Crippen molar-refractivity contribution in [2.75, 3.05) is 11.1 Å². The number of thioether (sulfide) groups is 1. The molecule has 1 N–H and O–H groups in total. The Morgan fingerprint density at radius 3 is 2.61 bits per heavy atom. The fourth-order valence-electron chi connectivity index (χ4n) is 4.68. The average molecular weight is 455 g/mol. The van der Waals surface area contributed by atoms with E-state index >= 15 is 0 Å². The molecule has 1 heterocycles. The van der Waals surface area contributed by atoms with E-state index in [1.165, 1.54) is 34.8 Å². The largest absolute Gasteiger partial charge is 0.322 e. The molecule has 33 heavy (non-hydrogen) atoms. The Bertz CT molecular complexity index is 1360. The smallest absolute Gasteiger partial charge is 0.255 e. The number of carbonyl (C=O) groups excluding carboxylic acids is 2. The van der Waals surface area contributed by atoms with Crippen LogP contribution in [0.3, 0.4) is 0 Å². The highest BCUT2D eigenvalue weighted by molar-refractivity contribution is 8.00. The molecule has 1 aliphatic carbocycles. The van der Waals surface area contributed by atoms with Crippen molar-refractivity contribution in [3.8, 4) is 0 Å². The van der Waals surface area contributed by atoms with Crippen molar-refractivity contribution < 1.29 is 9.59 Å². The molecular weight excluding hydrogens is 428 g/mol. The van der Waals surface area contributed by atoms with Crippen LogP contribution in [0.15, 0.2) is 77.7 Å². The maximum atomic E-state index is 13.3. The summed E-state index contributed by atoms with van der Waals surface area (Å²) >= 11 is 1.50. The van der Waals surface area contributed by atoms with Gasteiger partial charge < -0.3 is 5.32 Å². The van der Waals surface area contributed by atoms with E-state index in [0.29, 0.717) is 11.3 Å². The third kappa shape index (κ3) is 4.33. The van der Waals surface area contributed by atoms with Gasteiger partial charge in [0, 0.05) is 27.2 Å². The first-order chi connectivity index (χ1) is 16.1. The molecule has 0 saturated carbocycles. The molecule has 3 aromatic carbocycles. The highest BCUT2D eigenvalue weighted by Gasteiger charge is 2.23. The van der Waals surface area contributed by atoms with Crippen molar-refractivity contribution in [3.05, 3.63) is 95.2 Å². The summed E-state index contributed by atoms with van der Waals surface area (Å²) in [4.78, 5) is 26.9. The Labute approximate surface area is 198 Å². The van der Waals surface area contributed by atoms with Gasteiger partial charge in [-0.1, -0.05) is 42.5 Å². The number of hydrogen-bond donors (Lipinski definition) is 1. The number of nitrogens with one attached hydrogen (secondary N) is 1. The van der Waals surface area contributed by atoms with E-state index < -0.39 is 0 Å². The van der Waals surface area contributed by atoms with Gasteiger partial charge in [-0.3, -0.25) is 14.2 Å². The second kappa shape index (κ2) is 9.28. The summed E-state index contributed by atoms with van der Waals surface area (Å²) in [6.07, 6.45) is 4.32. The van der Waals surface area contributed by atoms with Gasteiger partial charge in [0.2, 0.25) is 5.91 Å². The molecule has 166 valence electrons. The van der Waals surface area contributed by atoms with Crippen LogP contribution in [0.5, 0.6) is 0 Å². The zero-order valence-corrected chi connectivity index (χ0v) is 19.5. The van der Waals surface area contributed by atoms with Gasteiger partial charge >= 0.3 is 0 Å². The zero-order valence-electron chi connectivity index (χ0n) is 18.6. The van der Waals surface area contributed by atoms with Gasteiger partial charge in [0.25, 0.3) is 5.91 Å². The predicted octanol–water partition coefficient (Wildman–Crippen LogP) is 6.51. The van der Waals surface area contributed by atoms with Crippen molar-refractivity contribution in [1.29, 1.82) is 0 Å². The molecule has 4 nitrogen and oxygen atoms in total. The van der Waals surface area contributed by atoms with Gasteiger partial charge in [-0.15, -0.1) is 11.8 Å². The molecule has 5 heteroatoms. The van der Waals surface area contributed by atoms with Gasteiger partial charge in [0.15, 0.2) is 0 Å². The normalized spacial score (nSPS) is 13.0. The number of amides is 1. The van der Waals surface area contributed by atoms with E-state index in [2.05, 4.69) is 23.5 Å². The van der Waals surface area contributed by atoms with Crippen LogP contribution in [-0.2, 0) is 12.8 Å². The van der Waals surface area contributed by atoms with Crippen molar-refractivity contribution >= 4 is 40.2 Å². The average Bonchev–Trinajstić information content (AvgIpc) is 3.18. The second-order valence-corrected chi connectivity index (χ2v) is 9.51. The third-order valence-corrected chi connectivity index (χ3v) is 7.25. The van der Waals surface area contributed by atoms with Crippen molar-refractivity contribution in [3.63, 3.8) is 0 Å². The molecule has 0 radical (unpaired) electrons. The van der Waals surface area contributed by atoms with Crippen LogP contribution < -0.4 is 5.32 Å². The van der Waals surface area contributed by atoms with Crippen LogP contribution in [0, 0.1) is 6.92 Å². The Hall–Kier alpha value is -3.31. The number of anilines is 1. The molecule has 0 unspecified atom stereocenters. The standard InChI is InChI=1S/C28H26N2O2S/c1-19-9-2-3-12-22(19)28(32)29-20-10-8-11-21(17-20)33-18-27(31)30-25-15-6-4-13-23(25)24-14-5-7-16-26(24)30/h2-4,6,8-13,15,17H,5,7,14,16,18H2,1H3,(H,29,32). The van der Waals surface area contributed by atoms with Gasteiger partial charge in [0.05, 0.1) is 11.3 Å². The second-order valence-electron chi connectivity index (χ2n) is 8.46. The molecule has 5 rings (SSSR count). The fraction of sp³-hybridized carbons (Fsp3) is 0.214. The minimum Gasteiger partial charge on any atom is -0.322 e. The molecule has 1 aromatic heterocycles. The highest BCUT2D eigenvalue weighted by atomic mass is 32.2. The van der Waals surface area contributed by atoms with Crippen LogP contribution in [0.2, 0.25) is 0 Å². The lowest BCUT2D eigenvalue weighted by Crippen LogP contribution is -2.18. The summed E-state index contributed by atoms with van der Waals surface area (Å²) in [7, 11) is 0. The van der Waals surface area contributed by atoms with E-state index in [1.807, 2.05) is 66.1 Å². The number of hydrogen-bond acceptors (Lipinski definition) is 3. The van der Waals surface area contributed by atoms with Crippen LogP contribution in [-0.4, -0.2) is 22.1 Å². The van der Waals surface area contributed by atoms with Crippen molar-refractivity contribution in [2.24, 2.45) is 0 Å². The van der Waals surface area contributed by atoms with Gasteiger partial charge in [-0.25, -0.2) is 0 Å². The number of rotatable bonds is 5. The molecule has 1 aliphatic rings. The SMILES string of the molecule is Cc1ccccc1C(=O)Nc1cccc(SCC(=O)n2c3c(c4ccccc42)CCCC3)c1. The molecular formula is C28H26N2O2S. The summed E-state index contributed by atoms with van der Waals surface area (Å²) < 4.78 is 1.95. The van der Waals surface area contributed by atoms with Gasteiger partial charge in [-0.05, 0) is 74.1 Å². The summed E-state index contributed by atoms with van der Waals surface area (Å²) in [5.41, 5.74) is 5.88. The first kappa shape index (κ1) is 21.5. The van der Waals surface area contributed by atoms with Gasteiger partial charge in [0.1, 0.15) is 0 Å². The van der Waals surface area contributed by atoms with Crippen LogP contribution in [0.25, 0.3) is 10.9 Å². The molecule has 0 saturated heterocycles. The maximum absolute atomic E-state index is 13.3. The molecule has 4 aromatic rings. The van der Waals surface area contributed by atoms with E-state index in [0.717, 1.165) is 40.9 Å². The predicted molar refractivity (Wildman–Crippen MR) is 136 cm³/mol. The Morgan fingerprint density at radius 1 is 0.939 bits per heavy atom. The first-order valence-electron chi connectivity index (χ1n) is 11.4. The lowest BCUT2D eigenvalue weighted by atomic mass is 9.96. The van der Waals surface area contributed by atoms with Crippen molar-refractivity contribution in [1.82, 2.24) is 4.57 Å². The molecule has 0 bridgehead atoms. The van der Waals surface area contributed by atoms with E-state index in [-0.39, 0.29) is 11.8 Å². The minimum atomic E-state index is -0.128. The van der Waals surface area contributed by atoms with Crippen LogP contribution in [0.4, 0.5) is 5.69 Å². The molecule has 1 amide bonds. The number of benzene rings is 3. The lowest BCUT2D eigenvalue weighted by Gasteiger charge is -2.15. The highest BCUT2D eigenvalue weighted by Crippen LogP contribution is 2.33. The van der Waals surface area contributed by atoms with Crippen LogP contribution in [0.1, 0.15) is 44.8 Å². The quantitative estimate of drug-likeness (QED) is 0.350. The zero-order chi connectivity index (χ0) is 22.8. The van der Waals surface area contributed by atoms with E-state index in [9.17, 15) is 9.59 Å². The summed E-state index contributed by atoms with van der Waals surface area (Å²) in [5, 5.41) is 4.19. The Morgan fingerprint density at radius 2 is 1.73 bits per heavy atom. The summed E-state index contributed by atoms with van der Waals surface area (Å²) in [6.45, 7) is 1.93. The molecule has 0 atom stereocenters. The lowest BCUT2D eigenvalue weighted by molar-refractivity contribution is 0.0942. The minimum absolute atomic E-state index is 0.105. The number of fused-ring (bicyclic) bond motifs is 3. The monoisotopic (exact) mass is 454 g/mol. The van der Waals surface area contributed by atoms with E-state index in [4.69, 9.17) is 0 Å². The Balaban J connectivity index is 1.32. The Kier molecular flexibility index (Phi) is 6.05. The van der Waals surface area contributed by atoms with Crippen molar-refractivity contribution in [2.45, 2.75) is 37.5 Å². The summed E-state index contributed by atoms with van der Waals surface area (Å²) in [5.74, 6) is 0.325. The maximum Gasteiger partial charge on any atom is 0.255 e. The number of aryl methyl sites for hydroxylation is 2. The number of aromatic nitrogens is 1.